The third kappa shape index (κ3) is 4.43. The van der Waals surface area contributed by atoms with Gasteiger partial charge in [-0.25, -0.2) is 0 Å². The van der Waals surface area contributed by atoms with Crippen molar-refractivity contribution in [3.05, 3.63) is 0 Å². The molecule has 0 bridgehead atoms. The van der Waals surface area contributed by atoms with Crippen LogP contribution in [-0.4, -0.2) is 31.6 Å². The van der Waals surface area contributed by atoms with Gasteiger partial charge in [-0.05, 0) is 50.1 Å². The summed E-state index contributed by atoms with van der Waals surface area (Å²) in [5, 5.41) is 3.37. The van der Waals surface area contributed by atoms with E-state index in [9.17, 15) is 0 Å². The Bertz CT molecular complexity index is 308. The molecule has 3 heteroatoms. The molecule has 0 aromatic carbocycles. The van der Waals surface area contributed by atoms with Gasteiger partial charge in [0.2, 0.25) is 0 Å². The molecule has 0 aromatic heterocycles. The third-order valence-corrected chi connectivity index (χ3v) is 5.55. The fraction of sp³-hybridized carbons (Fsp3) is 1.00. The standard InChI is InChI=1S/C18H35NO2/c1-5-10-17(3,4)15-7-11-18(12-8-15)20-14-16(21-18)9-13-19-6-2/h15-16,19H,5-14H2,1-4H3. The molecule has 2 fully saturated rings. The van der Waals surface area contributed by atoms with E-state index >= 15 is 0 Å². The Morgan fingerprint density at radius 3 is 2.52 bits per heavy atom. The number of hydrogen-bond donors (Lipinski definition) is 1. The summed E-state index contributed by atoms with van der Waals surface area (Å²) in [7, 11) is 0. The van der Waals surface area contributed by atoms with Crippen LogP contribution in [0.2, 0.25) is 0 Å². The zero-order chi connectivity index (χ0) is 15.3. The van der Waals surface area contributed by atoms with Crippen molar-refractivity contribution in [1.82, 2.24) is 5.32 Å². The molecule has 1 aliphatic carbocycles. The topological polar surface area (TPSA) is 30.5 Å². The molecule has 1 saturated heterocycles. The van der Waals surface area contributed by atoms with Gasteiger partial charge in [0.1, 0.15) is 0 Å². The second-order valence-electron chi connectivity index (χ2n) is 7.62. The minimum Gasteiger partial charge on any atom is -0.347 e. The van der Waals surface area contributed by atoms with Crippen molar-refractivity contribution in [2.75, 3.05) is 19.7 Å². The summed E-state index contributed by atoms with van der Waals surface area (Å²) in [6, 6.07) is 0. The molecule has 1 heterocycles. The lowest BCUT2D eigenvalue weighted by molar-refractivity contribution is -0.197. The van der Waals surface area contributed by atoms with Gasteiger partial charge >= 0.3 is 0 Å². The Hall–Kier alpha value is -0.120. The lowest BCUT2D eigenvalue weighted by Crippen LogP contribution is -2.39. The van der Waals surface area contributed by atoms with Gasteiger partial charge in [-0.1, -0.05) is 34.1 Å². The lowest BCUT2D eigenvalue weighted by atomic mass is 9.68. The number of hydrogen-bond acceptors (Lipinski definition) is 3. The monoisotopic (exact) mass is 297 g/mol. The van der Waals surface area contributed by atoms with Crippen LogP contribution in [0, 0.1) is 11.3 Å². The first-order valence-electron chi connectivity index (χ1n) is 9.04. The highest BCUT2D eigenvalue weighted by atomic mass is 16.7. The first-order valence-corrected chi connectivity index (χ1v) is 9.04. The highest BCUT2D eigenvalue weighted by Crippen LogP contribution is 2.47. The molecule has 1 saturated carbocycles. The average Bonchev–Trinajstić information content (AvgIpc) is 2.83. The molecule has 1 unspecified atom stereocenters. The fourth-order valence-electron chi connectivity index (χ4n) is 4.15. The van der Waals surface area contributed by atoms with Crippen LogP contribution in [0.1, 0.15) is 72.6 Å². The fourth-order valence-corrected chi connectivity index (χ4v) is 4.15. The lowest BCUT2D eigenvalue weighted by Gasteiger charge is -2.42. The molecular formula is C18H35NO2. The molecule has 1 atom stereocenters. The van der Waals surface area contributed by atoms with Gasteiger partial charge in [0.15, 0.2) is 5.79 Å². The maximum atomic E-state index is 6.30. The van der Waals surface area contributed by atoms with Crippen LogP contribution in [0.3, 0.4) is 0 Å². The van der Waals surface area contributed by atoms with Crippen molar-refractivity contribution < 1.29 is 9.47 Å². The summed E-state index contributed by atoms with van der Waals surface area (Å²) in [5.41, 5.74) is 0.472. The van der Waals surface area contributed by atoms with E-state index in [1.54, 1.807) is 0 Å². The Kier molecular flexibility index (Phi) is 6.10. The number of rotatable bonds is 7. The van der Waals surface area contributed by atoms with Crippen molar-refractivity contribution in [1.29, 1.82) is 0 Å². The molecule has 2 rings (SSSR count). The number of ether oxygens (including phenoxy) is 2. The van der Waals surface area contributed by atoms with Crippen LogP contribution >= 0.6 is 0 Å². The molecule has 3 nitrogen and oxygen atoms in total. The summed E-state index contributed by atoms with van der Waals surface area (Å²) in [5.74, 6) is 0.589. The molecule has 0 radical (unpaired) electrons. The summed E-state index contributed by atoms with van der Waals surface area (Å²) < 4.78 is 12.4. The molecule has 2 aliphatic rings. The van der Waals surface area contributed by atoms with E-state index in [-0.39, 0.29) is 5.79 Å². The summed E-state index contributed by atoms with van der Waals surface area (Å²) >= 11 is 0. The minimum absolute atomic E-state index is 0.240. The molecule has 1 N–H and O–H groups in total. The second kappa shape index (κ2) is 7.43. The Labute approximate surface area is 131 Å². The third-order valence-electron chi connectivity index (χ3n) is 5.55. The van der Waals surface area contributed by atoms with Crippen molar-refractivity contribution in [3.63, 3.8) is 0 Å². The first-order chi connectivity index (χ1) is 10.0. The van der Waals surface area contributed by atoms with Gasteiger partial charge in [-0.15, -0.1) is 0 Å². The van der Waals surface area contributed by atoms with Gasteiger partial charge in [0.05, 0.1) is 12.7 Å². The van der Waals surface area contributed by atoms with Crippen LogP contribution < -0.4 is 5.32 Å². The Morgan fingerprint density at radius 1 is 1.19 bits per heavy atom. The normalized spacial score (nSPS) is 33.7. The summed E-state index contributed by atoms with van der Waals surface area (Å²) in [6.45, 7) is 12.2. The summed E-state index contributed by atoms with van der Waals surface area (Å²) in [6.07, 6.45) is 8.67. The highest BCUT2D eigenvalue weighted by molar-refractivity contribution is 4.90. The Morgan fingerprint density at radius 2 is 1.90 bits per heavy atom. The van der Waals surface area contributed by atoms with Crippen LogP contribution in [0.5, 0.6) is 0 Å². The van der Waals surface area contributed by atoms with E-state index in [2.05, 4.69) is 33.0 Å². The predicted octanol–water partition coefficient (Wildman–Crippen LogP) is 4.11. The minimum atomic E-state index is -0.240. The van der Waals surface area contributed by atoms with Crippen LogP contribution in [0.4, 0.5) is 0 Å². The van der Waals surface area contributed by atoms with Crippen LogP contribution in [0.25, 0.3) is 0 Å². The SMILES string of the molecule is CCCC(C)(C)C1CCC2(CC1)OCC(CCNCC)O2. The average molecular weight is 297 g/mol. The largest absolute Gasteiger partial charge is 0.347 e. The van der Waals surface area contributed by atoms with E-state index in [1.165, 1.54) is 25.7 Å². The molecule has 21 heavy (non-hydrogen) atoms. The van der Waals surface area contributed by atoms with Gasteiger partial charge < -0.3 is 14.8 Å². The van der Waals surface area contributed by atoms with Crippen LogP contribution in [-0.2, 0) is 9.47 Å². The second-order valence-corrected chi connectivity index (χ2v) is 7.62. The van der Waals surface area contributed by atoms with Crippen molar-refractivity contribution in [2.45, 2.75) is 84.5 Å². The van der Waals surface area contributed by atoms with E-state index in [0.29, 0.717) is 11.5 Å². The van der Waals surface area contributed by atoms with Crippen LogP contribution in [0.15, 0.2) is 0 Å². The predicted molar refractivity (Wildman–Crippen MR) is 87.4 cm³/mol. The van der Waals surface area contributed by atoms with Crippen molar-refractivity contribution in [3.8, 4) is 0 Å². The van der Waals surface area contributed by atoms with E-state index in [1.807, 2.05) is 0 Å². The van der Waals surface area contributed by atoms with E-state index < -0.39 is 0 Å². The smallest absolute Gasteiger partial charge is 0.168 e. The van der Waals surface area contributed by atoms with Crippen molar-refractivity contribution >= 4 is 0 Å². The van der Waals surface area contributed by atoms with Gasteiger partial charge in [-0.3, -0.25) is 0 Å². The maximum Gasteiger partial charge on any atom is 0.168 e. The quantitative estimate of drug-likeness (QED) is 0.717. The summed E-state index contributed by atoms with van der Waals surface area (Å²) in [4.78, 5) is 0. The molecular weight excluding hydrogens is 262 g/mol. The number of nitrogens with one attached hydrogen (secondary N) is 1. The maximum absolute atomic E-state index is 6.30. The van der Waals surface area contributed by atoms with E-state index in [4.69, 9.17) is 9.47 Å². The Balaban J connectivity index is 1.78. The van der Waals surface area contributed by atoms with E-state index in [0.717, 1.165) is 44.9 Å². The molecule has 1 spiro atoms. The first kappa shape index (κ1) is 17.2. The molecule has 0 amide bonds. The molecule has 1 aliphatic heterocycles. The van der Waals surface area contributed by atoms with Gasteiger partial charge in [0, 0.05) is 12.8 Å². The zero-order valence-corrected chi connectivity index (χ0v) is 14.5. The van der Waals surface area contributed by atoms with Gasteiger partial charge in [0.25, 0.3) is 0 Å². The molecule has 0 aromatic rings. The molecule has 124 valence electrons. The highest BCUT2D eigenvalue weighted by Gasteiger charge is 2.46. The zero-order valence-electron chi connectivity index (χ0n) is 14.5. The van der Waals surface area contributed by atoms with Gasteiger partial charge in [-0.2, -0.15) is 0 Å². The van der Waals surface area contributed by atoms with Crippen molar-refractivity contribution in [2.24, 2.45) is 11.3 Å².